The van der Waals surface area contributed by atoms with Gasteiger partial charge in [-0.15, -0.1) is 0 Å². The minimum atomic E-state index is -0.827. The SMILES string of the molecule is C[C@@H]1Cc2ccccc2CN1C(=O)O. The Labute approximate surface area is 83.0 Å². The van der Waals surface area contributed by atoms with Crippen molar-refractivity contribution in [2.24, 2.45) is 0 Å². The van der Waals surface area contributed by atoms with Crippen LogP contribution in [0.15, 0.2) is 24.3 Å². The molecule has 3 nitrogen and oxygen atoms in total. The molecule has 0 unspecified atom stereocenters. The summed E-state index contributed by atoms with van der Waals surface area (Å²) in [5.74, 6) is 0. The number of benzene rings is 1. The van der Waals surface area contributed by atoms with Crippen LogP contribution in [0.25, 0.3) is 0 Å². The second-order valence-corrected chi connectivity index (χ2v) is 3.73. The van der Waals surface area contributed by atoms with Crippen LogP contribution in [0.5, 0.6) is 0 Å². The topological polar surface area (TPSA) is 40.5 Å². The van der Waals surface area contributed by atoms with Crippen LogP contribution < -0.4 is 0 Å². The van der Waals surface area contributed by atoms with E-state index in [-0.39, 0.29) is 6.04 Å². The first-order valence-electron chi connectivity index (χ1n) is 4.75. The lowest BCUT2D eigenvalue weighted by Crippen LogP contribution is -2.41. The lowest BCUT2D eigenvalue weighted by Gasteiger charge is -2.32. The van der Waals surface area contributed by atoms with Crippen LogP contribution in [-0.2, 0) is 13.0 Å². The van der Waals surface area contributed by atoms with Crippen molar-refractivity contribution in [2.75, 3.05) is 0 Å². The molecule has 0 bridgehead atoms. The number of amides is 1. The predicted octanol–water partition coefficient (Wildman–Crippen LogP) is 2.11. The maximum absolute atomic E-state index is 10.9. The van der Waals surface area contributed by atoms with Crippen LogP contribution in [0, 0.1) is 0 Å². The minimum Gasteiger partial charge on any atom is -0.465 e. The lowest BCUT2D eigenvalue weighted by atomic mass is 9.95. The van der Waals surface area contributed by atoms with Crippen molar-refractivity contribution < 1.29 is 9.90 Å². The van der Waals surface area contributed by atoms with Gasteiger partial charge in [-0.2, -0.15) is 0 Å². The second-order valence-electron chi connectivity index (χ2n) is 3.73. The molecule has 1 atom stereocenters. The Morgan fingerprint density at radius 3 is 2.71 bits per heavy atom. The van der Waals surface area contributed by atoms with E-state index >= 15 is 0 Å². The molecule has 74 valence electrons. The Balaban J connectivity index is 2.31. The van der Waals surface area contributed by atoms with Gasteiger partial charge in [0.05, 0.1) is 0 Å². The van der Waals surface area contributed by atoms with Gasteiger partial charge >= 0.3 is 6.09 Å². The van der Waals surface area contributed by atoms with E-state index < -0.39 is 6.09 Å². The van der Waals surface area contributed by atoms with Crippen LogP contribution in [0.2, 0.25) is 0 Å². The molecule has 1 aromatic carbocycles. The highest BCUT2D eigenvalue weighted by atomic mass is 16.4. The summed E-state index contributed by atoms with van der Waals surface area (Å²) in [7, 11) is 0. The van der Waals surface area contributed by atoms with Crippen LogP contribution in [-0.4, -0.2) is 22.1 Å². The number of hydrogen-bond donors (Lipinski definition) is 1. The summed E-state index contributed by atoms with van der Waals surface area (Å²) in [6, 6.07) is 8.11. The standard InChI is InChI=1S/C11H13NO2/c1-8-6-9-4-2-3-5-10(9)7-12(8)11(13)14/h2-5,8H,6-7H2,1H3,(H,13,14)/t8-/m1/s1. The largest absolute Gasteiger partial charge is 0.465 e. The van der Waals surface area contributed by atoms with Crippen LogP contribution in [0.1, 0.15) is 18.1 Å². The zero-order valence-electron chi connectivity index (χ0n) is 8.10. The molecule has 0 radical (unpaired) electrons. The van der Waals surface area contributed by atoms with Crippen molar-refractivity contribution >= 4 is 6.09 Å². The molecule has 1 amide bonds. The van der Waals surface area contributed by atoms with Gasteiger partial charge in [0.2, 0.25) is 0 Å². The minimum absolute atomic E-state index is 0.0856. The number of nitrogens with zero attached hydrogens (tertiary/aromatic N) is 1. The van der Waals surface area contributed by atoms with Gasteiger partial charge in [-0.05, 0) is 24.5 Å². The van der Waals surface area contributed by atoms with E-state index in [0.29, 0.717) is 6.54 Å². The van der Waals surface area contributed by atoms with E-state index in [0.717, 1.165) is 12.0 Å². The molecular formula is C11H13NO2. The molecule has 1 aliphatic heterocycles. The molecule has 1 aliphatic rings. The quantitative estimate of drug-likeness (QED) is 0.682. The fourth-order valence-corrected chi connectivity index (χ4v) is 1.93. The average molecular weight is 191 g/mol. The van der Waals surface area contributed by atoms with Crippen molar-refractivity contribution in [2.45, 2.75) is 25.9 Å². The third-order valence-electron chi connectivity index (χ3n) is 2.75. The summed E-state index contributed by atoms with van der Waals surface area (Å²) < 4.78 is 0. The fraction of sp³-hybridized carbons (Fsp3) is 0.364. The zero-order valence-corrected chi connectivity index (χ0v) is 8.10. The van der Waals surface area contributed by atoms with Gasteiger partial charge in [-0.3, -0.25) is 0 Å². The van der Waals surface area contributed by atoms with E-state index in [1.807, 2.05) is 25.1 Å². The van der Waals surface area contributed by atoms with Crippen molar-refractivity contribution in [3.63, 3.8) is 0 Å². The molecule has 0 aromatic heterocycles. The van der Waals surface area contributed by atoms with E-state index in [1.165, 1.54) is 10.5 Å². The number of fused-ring (bicyclic) bond motifs is 1. The molecule has 0 saturated carbocycles. The molecule has 1 heterocycles. The maximum atomic E-state index is 10.9. The molecule has 14 heavy (non-hydrogen) atoms. The van der Waals surface area contributed by atoms with Gasteiger partial charge in [0.1, 0.15) is 0 Å². The van der Waals surface area contributed by atoms with E-state index in [1.54, 1.807) is 0 Å². The molecule has 2 rings (SSSR count). The van der Waals surface area contributed by atoms with Crippen LogP contribution >= 0.6 is 0 Å². The van der Waals surface area contributed by atoms with Gasteiger partial charge in [0.25, 0.3) is 0 Å². The maximum Gasteiger partial charge on any atom is 0.407 e. The highest BCUT2D eigenvalue weighted by Crippen LogP contribution is 2.22. The Morgan fingerprint density at radius 2 is 2.07 bits per heavy atom. The molecule has 3 heteroatoms. The molecule has 1 N–H and O–H groups in total. The first-order chi connectivity index (χ1) is 6.68. The van der Waals surface area contributed by atoms with Gasteiger partial charge in [0, 0.05) is 12.6 Å². The Kier molecular flexibility index (Phi) is 2.15. The highest BCUT2D eigenvalue weighted by molar-refractivity contribution is 5.66. The van der Waals surface area contributed by atoms with Gasteiger partial charge in [-0.25, -0.2) is 4.79 Å². The van der Waals surface area contributed by atoms with Crippen molar-refractivity contribution in [1.82, 2.24) is 4.90 Å². The van der Waals surface area contributed by atoms with E-state index in [4.69, 9.17) is 5.11 Å². The van der Waals surface area contributed by atoms with Crippen LogP contribution in [0.4, 0.5) is 4.79 Å². The first kappa shape index (κ1) is 9.06. The van der Waals surface area contributed by atoms with E-state index in [9.17, 15) is 4.79 Å². The Bertz CT molecular complexity index is 362. The highest BCUT2D eigenvalue weighted by Gasteiger charge is 2.25. The number of carboxylic acid groups (broad SMARTS) is 1. The fourth-order valence-electron chi connectivity index (χ4n) is 1.93. The monoisotopic (exact) mass is 191 g/mol. The molecule has 0 aliphatic carbocycles. The van der Waals surface area contributed by atoms with Crippen molar-refractivity contribution in [3.05, 3.63) is 35.4 Å². The normalized spacial score (nSPS) is 20.4. The third kappa shape index (κ3) is 1.45. The summed E-state index contributed by atoms with van der Waals surface area (Å²) in [5, 5.41) is 8.96. The second kappa shape index (κ2) is 3.33. The van der Waals surface area contributed by atoms with Gasteiger partial charge in [0.15, 0.2) is 0 Å². The molecule has 1 aromatic rings. The van der Waals surface area contributed by atoms with Crippen molar-refractivity contribution in [3.8, 4) is 0 Å². The zero-order chi connectivity index (χ0) is 10.1. The predicted molar refractivity (Wildman–Crippen MR) is 53.2 cm³/mol. The molecule has 0 saturated heterocycles. The number of hydrogen-bond acceptors (Lipinski definition) is 1. The van der Waals surface area contributed by atoms with Crippen molar-refractivity contribution in [1.29, 1.82) is 0 Å². The summed E-state index contributed by atoms with van der Waals surface area (Å²) in [4.78, 5) is 12.4. The third-order valence-corrected chi connectivity index (χ3v) is 2.75. The summed E-state index contributed by atoms with van der Waals surface area (Å²) in [5.41, 5.74) is 2.41. The summed E-state index contributed by atoms with van der Waals surface area (Å²) in [6.07, 6.45) is -0.00495. The lowest BCUT2D eigenvalue weighted by molar-refractivity contribution is 0.119. The molecule has 0 spiro atoms. The summed E-state index contributed by atoms with van der Waals surface area (Å²) >= 11 is 0. The number of carbonyl (C=O) groups is 1. The van der Waals surface area contributed by atoms with Gasteiger partial charge < -0.3 is 10.0 Å². The van der Waals surface area contributed by atoms with Crippen LogP contribution in [0.3, 0.4) is 0 Å². The van der Waals surface area contributed by atoms with E-state index in [2.05, 4.69) is 6.07 Å². The molecule has 0 fully saturated rings. The first-order valence-corrected chi connectivity index (χ1v) is 4.75. The number of rotatable bonds is 0. The Morgan fingerprint density at radius 1 is 1.43 bits per heavy atom. The molecular weight excluding hydrogens is 178 g/mol. The average Bonchev–Trinajstić information content (AvgIpc) is 2.16. The Hall–Kier alpha value is -1.51. The smallest absolute Gasteiger partial charge is 0.407 e. The van der Waals surface area contributed by atoms with Gasteiger partial charge in [-0.1, -0.05) is 24.3 Å². The summed E-state index contributed by atoms with van der Waals surface area (Å²) in [6.45, 7) is 2.47.